The Bertz CT molecular complexity index is 1280. The van der Waals surface area contributed by atoms with Crippen LogP contribution in [0.5, 0.6) is 0 Å². The van der Waals surface area contributed by atoms with Gasteiger partial charge >= 0.3 is 0 Å². The van der Waals surface area contributed by atoms with E-state index in [0.717, 1.165) is 22.5 Å². The van der Waals surface area contributed by atoms with Crippen LogP contribution < -0.4 is 0 Å². The summed E-state index contributed by atoms with van der Waals surface area (Å²) in [7, 11) is 0. The predicted molar refractivity (Wildman–Crippen MR) is 111 cm³/mol. The van der Waals surface area contributed by atoms with Crippen molar-refractivity contribution in [3.8, 4) is 16.9 Å². The lowest BCUT2D eigenvalue weighted by Gasteiger charge is -2.09. The minimum absolute atomic E-state index is 1.00. The second kappa shape index (κ2) is 6.06. The van der Waals surface area contributed by atoms with Gasteiger partial charge in [0.1, 0.15) is 6.33 Å². The highest BCUT2D eigenvalue weighted by Gasteiger charge is 2.14. The van der Waals surface area contributed by atoms with Gasteiger partial charge in [0.2, 0.25) is 0 Å². The summed E-state index contributed by atoms with van der Waals surface area (Å²) < 4.78 is 2.33. The van der Waals surface area contributed by atoms with Gasteiger partial charge < -0.3 is 4.57 Å². The molecule has 5 aromatic rings. The molecule has 0 spiro atoms. The highest BCUT2D eigenvalue weighted by atomic mass is 15.0. The standard InChI is InChI=1S/C24H19N3/c1-16-17(2)25-15-26-24(16)18-12-13-23-21(14-18)20-10-6-7-11-22(20)27(23)19-8-4-3-5-9-19/h3-15H,1-2H3. The van der Waals surface area contributed by atoms with E-state index in [4.69, 9.17) is 0 Å². The number of hydrogen-bond donors (Lipinski definition) is 0. The van der Waals surface area contributed by atoms with Gasteiger partial charge in [-0.15, -0.1) is 0 Å². The van der Waals surface area contributed by atoms with E-state index in [1.165, 1.54) is 27.5 Å². The molecule has 3 nitrogen and oxygen atoms in total. The quantitative estimate of drug-likeness (QED) is 0.400. The minimum Gasteiger partial charge on any atom is -0.309 e. The molecule has 27 heavy (non-hydrogen) atoms. The Morgan fingerprint density at radius 1 is 0.704 bits per heavy atom. The van der Waals surface area contributed by atoms with Crippen LogP contribution in [0.15, 0.2) is 79.1 Å². The molecule has 0 N–H and O–H groups in total. The van der Waals surface area contributed by atoms with Crippen LogP contribution in [0, 0.1) is 13.8 Å². The van der Waals surface area contributed by atoms with Crippen molar-refractivity contribution in [2.24, 2.45) is 0 Å². The summed E-state index contributed by atoms with van der Waals surface area (Å²) >= 11 is 0. The maximum atomic E-state index is 4.54. The lowest BCUT2D eigenvalue weighted by Crippen LogP contribution is -1.95. The molecular weight excluding hydrogens is 330 g/mol. The molecule has 0 atom stereocenters. The Morgan fingerprint density at radius 2 is 1.44 bits per heavy atom. The number of fused-ring (bicyclic) bond motifs is 3. The van der Waals surface area contributed by atoms with E-state index in [-0.39, 0.29) is 0 Å². The minimum atomic E-state index is 1.00. The summed E-state index contributed by atoms with van der Waals surface area (Å²) in [5, 5.41) is 2.49. The molecule has 130 valence electrons. The van der Waals surface area contributed by atoms with Crippen LogP contribution in [-0.4, -0.2) is 14.5 Å². The van der Waals surface area contributed by atoms with Crippen molar-refractivity contribution in [1.29, 1.82) is 0 Å². The molecule has 0 amide bonds. The smallest absolute Gasteiger partial charge is 0.116 e. The summed E-state index contributed by atoms with van der Waals surface area (Å²) in [4.78, 5) is 8.85. The number of rotatable bonds is 2. The number of nitrogens with zero attached hydrogens (tertiary/aromatic N) is 3. The van der Waals surface area contributed by atoms with E-state index in [1.807, 2.05) is 6.92 Å². The molecule has 0 saturated carbocycles. The molecule has 0 bridgehead atoms. The third kappa shape index (κ3) is 2.43. The largest absolute Gasteiger partial charge is 0.309 e. The average molecular weight is 349 g/mol. The van der Waals surface area contributed by atoms with Crippen LogP contribution in [0.3, 0.4) is 0 Å². The van der Waals surface area contributed by atoms with Gasteiger partial charge in [-0.05, 0) is 49.7 Å². The van der Waals surface area contributed by atoms with Crippen LogP contribution in [0.4, 0.5) is 0 Å². The van der Waals surface area contributed by atoms with Crippen LogP contribution in [0.2, 0.25) is 0 Å². The van der Waals surface area contributed by atoms with E-state index < -0.39 is 0 Å². The fourth-order valence-electron chi connectivity index (χ4n) is 3.80. The second-order valence-corrected chi connectivity index (χ2v) is 6.85. The molecule has 0 radical (unpaired) electrons. The number of benzene rings is 3. The van der Waals surface area contributed by atoms with Crippen LogP contribution in [-0.2, 0) is 0 Å². The summed E-state index contributed by atoms with van der Waals surface area (Å²) in [5.74, 6) is 0. The third-order valence-corrected chi connectivity index (χ3v) is 5.30. The first kappa shape index (κ1) is 15.8. The van der Waals surface area contributed by atoms with Crippen LogP contribution >= 0.6 is 0 Å². The maximum Gasteiger partial charge on any atom is 0.116 e. The Morgan fingerprint density at radius 3 is 2.30 bits per heavy atom. The lowest BCUT2D eigenvalue weighted by molar-refractivity contribution is 1.07. The highest BCUT2D eigenvalue weighted by Crippen LogP contribution is 2.35. The first-order valence-corrected chi connectivity index (χ1v) is 9.11. The molecule has 3 aromatic carbocycles. The molecule has 2 heterocycles. The Kier molecular flexibility index (Phi) is 3.54. The maximum absolute atomic E-state index is 4.54. The van der Waals surface area contributed by atoms with Crippen molar-refractivity contribution in [2.45, 2.75) is 13.8 Å². The zero-order valence-electron chi connectivity index (χ0n) is 15.3. The summed E-state index contributed by atoms with van der Waals surface area (Å²) in [5.41, 5.74) is 7.87. The van der Waals surface area contributed by atoms with Crippen molar-refractivity contribution < 1.29 is 0 Å². The number of aryl methyl sites for hydroxylation is 1. The van der Waals surface area contributed by atoms with E-state index in [9.17, 15) is 0 Å². The molecular formula is C24H19N3. The van der Waals surface area contributed by atoms with Crippen molar-refractivity contribution in [3.05, 3.63) is 90.4 Å². The molecule has 0 aliphatic rings. The molecule has 0 fully saturated rings. The Balaban J connectivity index is 1.85. The second-order valence-electron chi connectivity index (χ2n) is 6.85. The summed E-state index contributed by atoms with van der Waals surface area (Å²) in [6, 6.07) is 25.7. The monoisotopic (exact) mass is 349 g/mol. The van der Waals surface area contributed by atoms with Crippen LogP contribution in [0.25, 0.3) is 38.8 Å². The van der Waals surface area contributed by atoms with Gasteiger partial charge in [0, 0.05) is 27.7 Å². The van der Waals surface area contributed by atoms with Gasteiger partial charge in [-0.3, -0.25) is 0 Å². The van der Waals surface area contributed by atoms with Crippen molar-refractivity contribution >= 4 is 21.8 Å². The van der Waals surface area contributed by atoms with Crippen molar-refractivity contribution in [3.63, 3.8) is 0 Å². The van der Waals surface area contributed by atoms with E-state index >= 15 is 0 Å². The predicted octanol–water partition coefficient (Wildman–Crippen LogP) is 5.86. The Hall–Kier alpha value is -3.46. The molecule has 5 rings (SSSR count). The summed E-state index contributed by atoms with van der Waals surface area (Å²) in [6.45, 7) is 4.11. The molecule has 0 unspecified atom stereocenters. The number of para-hydroxylation sites is 2. The van der Waals surface area contributed by atoms with E-state index in [2.05, 4.69) is 94.3 Å². The fraction of sp³-hybridized carbons (Fsp3) is 0.0833. The van der Waals surface area contributed by atoms with Gasteiger partial charge in [-0.1, -0.05) is 42.5 Å². The zero-order chi connectivity index (χ0) is 18.4. The average Bonchev–Trinajstić information content (AvgIpc) is 3.04. The van der Waals surface area contributed by atoms with Gasteiger partial charge in [-0.25, -0.2) is 9.97 Å². The fourth-order valence-corrected chi connectivity index (χ4v) is 3.80. The number of aromatic nitrogens is 3. The first-order valence-electron chi connectivity index (χ1n) is 9.11. The van der Waals surface area contributed by atoms with Gasteiger partial charge in [0.15, 0.2) is 0 Å². The highest BCUT2D eigenvalue weighted by molar-refractivity contribution is 6.10. The molecule has 0 aliphatic heterocycles. The van der Waals surface area contributed by atoms with E-state index in [1.54, 1.807) is 6.33 Å². The third-order valence-electron chi connectivity index (χ3n) is 5.30. The van der Waals surface area contributed by atoms with Gasteiger partial charge in [0.25, 0.3) is 0 Å². The van der Waals surface area contributed by atoms with Crippen molar-refractivity contribution in [1.82, 2.24) is 14.5 Å². The van der Waals surface area contributed by atoms with Crippen LogP contribution in [0.1, 0.15) is 11.3 Å². The molecule has 3 heteroatoms. The summed E-state index contributed by atoms with van der Waals surface area (Å²) in [6.07, 6.45) is 1.65. The lowest BCUT2D eigenvalue weighted by atomic mass is 10.0. The normalized spacial score (nSPS) is 11.3. The molecule has 2 aromatic heterocycles. The van der Waals surface area contributed by atoms with E-state index in [0.29, 0.717) is 0 Å². The molecule has 0 aliphatic carbocycles. The number of hydrogen-bond acceptors (Lipinski definition) is 2. The topological polar surface area (TPSA) is 30.7 Å². The Labute approximate surface area is 157 Å². The van der Waals surface area contributed by atoms with Gasteiger partial charge in [0.05, 0.1) is 16.7 Å². The van der Waals surface area contributed by atoms with Crippen molar-refractivity contribution in [2.75, 3.05) is 0 Å². The SMILES string of the molecule is Cc1ncnc(-c2ccc3c(c2)c2ccccc2n3-c2ccccc2)c1C. The zero-order valence-corrected chi connectivity index (χ0v) is 15.3. The first-order chi connectivity index (χ1) is 13.2. The van der Waals surface area contributed by atoms with Gasteiger partial charge in [-0.2, -0.15) is 0 Å². The molecule has 0 saturated heterocycles.